The molecule has 0 saturated carbocycles. The molecule has 0 bridgehead atoms. The first-order valence-corrected chi connectivity index (χ1v) is 7.45. The highest BCUT2D eigenvalue weighted by Gasteiger charge is 2.16. The summed E-state index contributed by atoms with van der Waals surface area (Å²) < 4.78 is 12.1. The van der Waals surface area contributed by atoms with E-state index >= 15 is 0 Å². The molecule has 1 N–H and O–H groups in total. The molecule has 0 atom stereocenters. The van der Waals surface area contributed by atoms with Crippen LogP contribution in [0.25, 0.3) is 5.65 Å². The Morgan fingerprint density at radius 2 is 1.96 bits per heavy atom. The molecule has 124 valence electrons. The summed E-state index contributed by atoms with van der Waals surface area (Å²) >= 11 is 6.07. The van der Waals surface area contributed by atoms with Crippen LogP contribution >= 0.6 is 11.6 Å². The summed E-state index contributed by atoms with van der Waals surface area (Å²) in [5, 5.41) is 7.29. The highest BCUT2D eigenvalue weighted by Crippen LogP contribution is 2.36. The van der Waals surface area contributed by atoms with Gasteiger partial charge in [0.1, 0.15) is 17.2 Å². The number of methoxy groups -OCH3 is 2. The summed E-state index contributed by atoms with van der Waals surface area (Å²) in [5.74, 6) is 0.490. The molecule has 1 aromatic carbocycles. The lowest BCUT2D eigenvalue weighted by Crippen LogP contribution is -2.16. The van der Waals surface area contributed by atoms with Crippen LogP contribution in [0.4, 0.5) is 5.69 Å². The number of rotatable bonds is 4. The molecular formula is C16H15ClN4O3. The zero-order valence-corrected chi connectivity index (χ0v) is 14.1. The van der Waals surface area contributed by atoms with Gasteiger partial charge in [-0.15, -0.1) is 0 Å². The van der Waals surface area contributed by atoms with E-state index in [1.807, 2.05) is 6.92 Å². The van der Waals surface area contributed by atoms with E-state index in [4.69, 9.17) is 21.1 Å². The van der Waals surface area contributed by atoms with Crippen molar-refractivity contribution in [3.8, 4) is 11.5 Å². The van der Waals surface area contributed by atoms with Gasteiger partial charge in [0, 0.05) is 23.9 Å². The second-order valence-electron chi connectivity index (χ2n) is 5.03. The molecule has 8 heteroatoms. The molecule has 0 saturated heterocycles. The quantitative estimate of drug-likeness (QED) is 0.785. The number of carbonyl (C=O) groups excluding carboxylic acids is 1. The number of fused-ring (bicyclic) bond motifs is 1. The molecule has 3 rings (SSSR count). The lowest BCUT2D eigenvalue weighted by molar-refractivity contribution is 0.102. The van der Waals surface area contributed by atoms with E-state index in [0.717, 1.165) is 5.69 Å². The van der Waals surface area contributed by atoms with Crippen LogP contribution < -0.4 is 14.8 Å². The molecule has 0 spiro atoms. The number of nitrogens with one attached hydrogen (secondary N) is 1. The average molecular weight is 347 g/mol. The molecule has 2 aromatic heterocycles. The van der Waals surface area contributed by atoms with Crippen LogP contribution in [-0.2, 0) is 0 Å². The molecule has 0 radical (unpaired) electrons. The first-order chi connectivity index (χ1) is 11.5. The zero-order chi connectivity index (χ0) is 17.3. The molecule has 1 amide bonds. The van der Waals surface area contributed by atoms with Crippen LogP contribution in [0.5, 0.6) is 11.5 Å². The number of carbonyl (C=O) groups is 1. The normalized spacial score (nSPS) is 10.7. The minimum Gasteiger partial charge on any atom is -0.495 e. The second kappa shape index (κ2) is 6.37. The Balaban J connectivity index is 1.96. The van der Waals surface area contributed by atoms with Crippen LogP contribution in [0.15, 0.2) is 30.5 Å². The minimum absolute atomic E-state index is 0.275. The third kappa shape index (κ3) is 2.85. The van der Waals surface area contributed by atoms with Gasteiger partial charge in [0.15, 0.2) is 5.65 Å². The van der Waals surface area contributed by atoms with Crippen molar-refractivity contribution in [2.75, 3.05) is 19.5 Å². The summed E-state index contributed by atoms with van der Waals surface area (Å²) in [6.07, 6.45) is 1.63. The molecule has 0 fully saturated rings. The predicted octanol–water partition coefficient (Wildman–Crippen LogP) is 2.96. The first-order valence-electron chi connectivity index (χ1n) is 7.07. The van der Waals surface area contributed by atoms with Crippen LogP contribution in [0.3, 0.4) is 0 Å². The Hall–Kier alpha value is -2.80. The van der Waals surface area contributed by atoms with Gasteiger partial charge in [0.2, 0.25) is 0 Å². The fraction of sp³-hybridized carbons (Fsp3) is 0.188. The van der Waals surface area contributed by atoms with E-state index in [9.17, 15) is 4.79 Å². The molecule has 7 nitrogen and oxygen atoms in total. The molecule has 0 unspecified atom stereocenters. The van der Waals surface area contributed by atoms with Gasteiger partial charge in [-0.1, -0.05) is 11.6 Å². The largest absolute Gasteiger partial charge is 0.495 e. The van der Waals surface area contributed by atoms with Crippen molar-refractivity contribution >= 4 is 28.8 Å². The smallest absolute Gasteiger partial charge is 0.274 e. The van der Waals surface area contributed by atoms with Crippen LogP contribution in [-0.4, -0.2) is 34.7 Å². The van der Waals surface area contributed by atoms with Crippen molar-refractivity contribution in [3.05, 3.63) is 46.9 Å². The monoisotopic (exact) mass is 346 g/mol. The number of halogens is 1. The van der Waals surface area contributed by atoms with Gasteiger partial charge in [-0.2, -0.15) is 5.10 Å². The highest BCUT2D eigenvalue weighted by molar-refractivity contribution is 6.32. The van der Waals surface area contributed by atoms with Crippen molar-refractivity contribution < 1.29 is 14.3 Å². The number of nitrogens with zero attached hydrogens (tertiary/aromatic N) is 3. The molecule has 0 aliphatic rings. The summed E-state index contributed by atoms with van der Waals surface area (Å²) in [7, 11) is 2.99. The van der Waals surface area contributed by atoms with Gasteiger partial charge in [-0.3, -0.25) is 4.79 Å². The summed E-state index contributed by atoms with van der Waals surface area (Å²) in [4.78, 5) is 16.9. The number of ether oxygens (including phenoxy) is 2. The third-order valence-electron chi connectivity index (χ3n) is 3.49. The number of anilines is 1. The van der Waals surface area contributed by atoms with Gasteiger partial charge in [-0.25, -0.2) is 9.50 Å². The Morgan fingerprint density at radius 1 is 1.21 bits per heavy atom. The highest BCUT2D eigenvalue weighted by atomic mass is 35.5. The SMILES string of the molecule is COc1cc(NC(=O)c2cc(C)n3nccc3n2)c(OC)cc1Cl. The van der Waals surface area contributed by atoms with Crippen LogP contribution in [0.1, 0.15) is 16.2 Å². The van der Waals surface area contributed by atoms with Gasteiger partial charge in [0.05, 0.1) is 31.1 Å². The minimum atomic E-state index is -0.371. The van der Waals surface area contributed by atoms with E-state index < -0.39 is 0 Å². The van der Waals surface area contributed by atoms with Crippen molar-refractivity contribution in [3.63, 3.8) is 0 Å². The van der Waals surface area contributed by atoms with E-state index in [0.29, 0.717) is 27.9 Å². The Morgan fingerprint density at radius 3 is 2.67 bits per heavy atom. The number of amides is 1. The van der Waals surface area contributed by atoms with E-state index in [2.05, 4.69) is 15.4 Å². The van der Waals surface area contributed by atoms with E-state index in [1.54, 1.807) is 35.0 Å². The number of aryl methyl sites for hydroxylation is 1. The van der Waals surface area contributed by atoms with Crippen molar-refractivity contribution in [1.82, 2.24) is 14.6 Å². The molecule has 0 aliphatic carbocycles. The first kappa shape index (κ1) is 16.1. The summed E-state index contributed by atoms with van der Waals surface area (Å²) in [6, 6.07) is 6.57. The average Bonchev–Trinajstić information content (AvgIpc) is 3.05. The molecule has 0 aliphatic heterocycles. The standard InChI is InChI=1S/C16H15ClN4O3/c1-9-6-12(19-15-4-5-18-21(9)15)16(22)20-11-8-13(23-2)10(17)7-14(11)24-3/h4-8H,1-3H3,(H,20,22). The van der Waals surface area contributed by atoms with Crippen molar-refractivity contribution in [2.45, 2.75) is 6.92 Å². The van der Waals surface area contributed by atoms with Crippen molar-refractivity contribution in [2.24, 2.45) is 0 Å². The summed E-state index contributed by atoms with van der Waals surface area (Å²) in [5.41, 5.74) is 2.12. The number of hydrogen-bond donors (Lipinski definition) is 1. The van der Waals surface area contributed by atoms with Gasteiger partial charge >= 0.3 is 0 Å². The van der Waals surface area contributed by atoms with E-state index in [1.165, 1.54) is 14.2 Å². The fourth-order valence-electron chi connectivity index (χ4n) is 2.33. The van der Waals surface area contributed by atoms with Gasteiger partial charge in [-0.05, 0) is 13.0 Å². The van der Waals surface area contributed by atoms with E-state index in [-0.39, 0.29) is 11.6 Å². The third-order valence-corrected chi connectivity index (χ3v) is 3.79. The van der Waals surface area contributed by atoms with Crippen molar-refractivity contribution in [1.29, 1.82) is 0 Å². The van der Waals surface area contributed by atoms with Crippen LogP contribution in [0.2, 0.25) is 5.02 Å². The van der Waals surface area contributed by atoms with Gasteiger partial charge in [0.25, 0.3) is 5.91 Å². The lowest BCUT2D eigenvalue weighted by atomic mass is 10.2. The maximum atomic E-state index is 12.6. The Labute approximate surface area is 143 Å². The van der Waals surface area contributed by atoms with Crippen LogP contribution in [0, 0.1) is 6.92 Å². The molecule has 3 aromatic rings. The Bertz CT molecular complexity index is 923. The maximum absolute atomic E-state index is 12.6. The number of benzene rings is 1. The lowest BCUT2D eigenvalue weighted by Gasteiger charge is -2.13. The topological polar surface area (TPSA) is 77.8 Å². The summed E-state index contributed by atoms with van der Waals surface area (Å²) in [6.45, 7) is 1.85. The molecular weight excluding hydrogens is 332 g/mol. The maximum Gasteiger partial charge on any atom is 0.274 e. The van der Waals surface area contributed by atoms with Gasteiger partial charge < -0.3 is 14.8 Å². The molecule has 2 heterocycles. The second-order valence-corrected chi connectivity index (χ2v) is 5.43. The fourth-order valence-corrected chi connectivity index (χ4v) is 2.56. The molecule has 24 heavy (non-hydrogen) atoms. The number of aromatic nitrogens is 3. The predicted molar refractivity (Wildman–Crippen MR) is 90.2 cm³/mol. The Kier molecular flexibility index (Phi) is 4.26. The zero-order valence-electron chi connectivity index (χ0n) is 13.3. The number of hydrogen-bond acceptors (Lipinski definition) is 5.